The monoisotopic (exact) mass is 222 g/mol. The van der Waals surface area contributed by atoms with Crippen molar-refractivity contribution < 1.29 is 14.6 Å². The molecule has 0 N–H and O–H groups in total. The molecule has 0 atom stereocenters. The van der Waals surface area contributed by atoms with Gasteiger partial charge in [0.1, 0.15) is 0 Å². The molecule has 3 nitrogen and oxygen atoms in total. The average molecular weight is 222 g/mol. The molecule has 0 bridgehead atoms. The summed E-state index contributed by atoms with van der Waals surface area (Å²) >= 11 is 0. The minimum absolute atomic E-state index is 0.339. The van der Waals surface area contributed by atoms with Crippen LogP contribution in [0.1, 0.15) is 35.3 Å². The molecule has 16 heavy (non-hydrogen) atoms. The Hall–Kier alpha value is -1.35. The zero-order valence-electron chi connectivity index (χ0n) is 10.2. The van der Waals surface area contributed by atoms with Gasteiger partial charge < -0.3 is 0 Å². The number of hydrogen-bond acceptors (Lipinski definition) is 3. The van der Waals surface area contributed by atoms with Gasteiger partial charge in [0.2, 0.25) is 0 Å². The zero-order chi connectivity index (χ0) is 12.1. The summed E-state index contributed by atoms with van der Waals surface area (Å²) in [5.41, 5.74) is 2.48. The first-order valence-electron chi connectivity index (χ1n) is 5.41. The summed E-state index contributed by atoms with van der Waals surface area (Å²) in [6.07, 6.45) is 0. The Morgan fingerprint density at radius 1 is 1.31 bits per heavy atom. The van der Waals surface area contributed by atoms with E-state index in [9.17, 15) is 4.79 Å². The van der Waals surface area contributed by atoms with E-state index in [2.05, 4.69) is 0 Å². The van der Waals surface area contributed by atoms with E-state index < -0.39 is 5.97 Å². The van der Waals surface area contributed by atoms with Gasteiger partial charge in [-0.2, -0.15) is 4.89 Å². The molecule has 1 rings (SSSR count). The lowest BCUT2D eigenvalue weighted by molar-refractivity contribution is -0.247. The van der Waals surface area contributed by atoms with E-state index in [1.54, 1.807) is 6.07 Å². The van der Waals surface area contributed by atoms with Gasteiger partial charge in [-0.1, -0.05) is 31.5 Å². The van der Waals surface area contributed by atoms with Crippen molar-refractivity contribution in [3.63, 3.8) is 0 Å². The minimum atomic E-state index is -0.429. The van der Waals surface area contributed by atoms with Crippen LogP contribution in [0.15, 0.2) is 18.2 Å². The van der Waals surface area contributed by atoms with Crippen molar-refractivity contribution in [2.45, 2.75) is 27.7 Å². The number of benzene rings is 1. The van der Waals surface area contributed by atoms with Crippen LogP contribution in [0, 0.1) is 19.8 Å². The molecule has 0 aliphatic rings. The molecular formula is C13H18O3. The molecule has 0 aliphatic carbocycles. The Kier molecular flexibility index (Phi) is 4.50. The van der Waals surface area contributed by atoms with Gasteiger partial charge in [0, 0.05) is 0 Å². The van der Waals surface area contributed by atoms with Crippen molar-refractivity contribution in [2.75, 3.05) is 6.61 Å². The van der Waals surface area contributed by atoms with Crippen LogP contribution in [0.2, 0.25) is 0 Å². The molecule has 3 heteroatoms. The topological polar surface area (TPSA) is 35.5 Å². The molecule has 0 amide bonds. The molecule has 88 valence electrons. The van der Waals surface area contributed by atoms with Crippen LogP contribution < -0.4 is 0 Å². The van der Waals surface area contributed by atoms with Crippen LogP contribution in [-0.2, 0) is 9.78 Å². The predicted octanol–water partition coefficient (Wildman–Crippen LogP) is 3.05. The second-order valence-corrected chi connectivity index (χ2v) is 4.37. The third-order valence-corrected chi connectivity index (χ3v) is 2.15. The van der Waals surface area contributed by atoms with E-state index in [0.717, 1.165) is 11.1 Å². The highest BCUT2D eigenvalue weighted by Gasteiger charge is 2.11. The predicted molar refractivity (Wildman–Crippen MR) is 62.1 cm³/mol. The second-order valence-electron chi connectivity index (χ2n) is 4.37. The number of rotatable bonds is 4. The summed E-state index contributed by atoms with van der Waals surface area (Å²) < 4.78 is 0. The molecule has 0 unspecified atom stereocenters. The normalized spacial score (nSPS) is 10.6. The summed E-state index contributed by atoms with van der Waals surface area (Å²) in [5.74, 6) is -0.0896. The first-order valence-corrected chi connectivity index (χ1v) is 5.41. The smallest absolute Gasteiger partial charge is 0.293 e. The SMILES string of the molecule is Cc1ccc(C)c(C(=O)OOCC(C)C)c1. The molecule has 0 heterocycles. The van der Waals surface area contributed by atoms with Crippen molar-refractivity contribution >= 4 is 5.97 Å². The maximum absolute atomic E-state index is 11.7. The van der Waals surface area contributed by atoms with Gasteiger partial charge in [-0.3, -0.25) is 4.89 Å². The van der Waals surface area contributed by atoms with E-state index in [1.165, 1.54) is 0 Å². The fraction of sp³-hybridized carbons (Fsp3) is 0.462. The Bertz CT molecular complexity index is 369. The zero-order valence-corrected chi connectivity index (χ0v) is 10.2. The Morgan fingerprint density at radius 3 is 2.62 bits per heavy atom. The maximum atomic E-state index is 11.7. The lowest BCUT2D eigenvalue weighted by Crippen LogP contribution is -2.11. The fourth-order valence-electron chi connectivity index (χ4n) is 1.22. The Balaban J connectivity index is 2.62. The van der Waals surface area contributed by atoms with Gasteiger partial charge in [-0.25, -0.2) is 4.79 Å². The number of carbonyl (C=O) groups excluding carboxylic acids is 1. The number of hydrogen-bond donors (Lipinski definition) is 0. The van der Waals surface area contributed by atoms with Crippen molar-refractivity contribution in [3.05, 3.63) is 34.9 Å². The molecule has 0 radical (unpaired) electrons. The summed E-state index contributed by atoms with van der Waals surface area (Å²) in [4.78, 5) is 21.2. The highest BCUT2D eigenvalue weighted by molar-refractivity contribution is 5.90. The quantitative estimate of drug-likeness (QED) is 0.580. The highest BCUT2D eigenvalue weighted by Crippen LogP contribution is 2.12. The van der Waals surface area contributed by atoms with Crippen molar-refractivity contribution in [2.24, 2.45) is 5.92 Å². The third kappa shape index (κ3) is 3.66. The van der Waals surface area contributed by atoms with Crippen molar-refractivity contribution in [3.8, 4) is 0 Å². The van der Waals surface area contributed by atoms with E-state index in [-0.39, 0.29) is 0 Å². The molecule has 1 aromatic carbocycles. The summed E-state index contributed by atoms with van der Waals surface area (Å²) in [7, 11) is 0. The van der Waals surface area contributed by atoms with E-state index in [0.29, 0.717) is 18.1 Å². The van der Waals surface area contributed by atoms with Crippen LogP contribution in [-0.4, -0.2) is 12.6 Å². The Labute approximate surface area is 96.3 Å². The maximum Gasteiger partial charge on any atom is 0.373 e. The van der Waals surface area contributed by atoms with Crippen LogP contribution in [0.25, 0.3) is 0 Å². The van der Waals surface area contributed by atoms with Gasteiger partial charge in [0.25, 0.3) is 0 Å². The average Bonchev–Trinajstić information content (AvgIpc) is 2.21. The highest BCUT2D eigenvalue weighted by atomic mass is 17.2. The van der Waals surface area contributed by atoms with Crippen LogP contribution in [0.5, 0.6) is 0 Å². The molecule has 0 saturated heterocycles. The first-order chi connectivity index (χ1) is 7.50. The molecule has 0 spiro atoms. The molecule has 1 aromatic rings. The third-order valence-electron chi connectivity index (χ3n) is 2.15. The first kappa shape index (κ1) is 12.7. The van der Waals surface area contributed by atoms with Gasteiger partial charge >= 0.3 is 5.97 Å². The minimum Gasteiger partial charge on any atom is -0.293 e. The fourth-order valence-corrected chi connectivity index (χ4v) is 1.22. The molecular weight excluding hydrogens is 204 g/mol. The molecule has 0 fully saturated rings. The number of carbonyl (C=O) groups is 1. The largest absolute Gasteiger partial charge is 0.373 e. The van der Waals surface area contributed by atoms with E-state index in [1.807, 2.05) is 39.8 Å². The summed E-state index contributed by atoms with van der Waals surface area (Å²) in [6, 6.07) is 5.66. The van der Waals surface area contributed by atoms with Crippen LogP contribution in [0.3, 0.4) is 0 Å². The molecule has 0 saturated carbocycles. The molecule has 0 aliphatic heterocycles. The van der Waals surface area contributed by atoms with Gasteiger partial charge in [0.15, 0.2) is 0 Å². The Morgan fingerprint density at radius 2 is 2.00 bits per heavy atom. The van der Waals surface area contributed by atoms with Gasteiger partial charge in [-0.15, -0.1) is 0 Å². The van der Waals surface area contributed by atoms with Crippen molar-refractivity contribution in [1.82, 2.24) is 0 Å². The summed E-state index contributed by atoms with van der Waals surface area (Å²) in [5, 5.41) is 0. The van der Waals surface area contributed by atoms with E-state index >= 15 is 0 Å². The van der Waals surface area contributed by atoms with E-state index in [4.69, 9.17) is 9.78 Å². The van der Waals surface area contributed by atoms with Crippen LogP contribution in [0.4, 0.5) is 0 Å². The van der Waals surface area contributed by atoms with Gasteiger partial charge in [-0.05, 0) is 31.4 Å². The molecule has 0 aromatic heterocycles. The lowest BCUT2D eigenvalue weighted by Gasteiger charge is -2.07. The number of aryl methyl sites for hydroxylation is 2. The second kappa shape index (κ2) is 5.66. The van der Waals surface area contributed by atoms with Gasteiger partial charge in [0.05, 0.1) is 12.2 Å². The van der Waals surface area contributed by atoms with Crippen molar-refractivity contribution in [1.29, 1.82) is 0 Å². The van der Waals surface area contributed by atoms with Crippen LogP contribution >= 0.6 is 0 Å². The summed E-state index contributed by atoms with van der Waals surface area (Å²) in [6.45, 7) is 8.21. The standard InChI is InChI=1S/C13H18O3/c1-9(2)8-15-16-13(14)12-7-10(3)5-6-11(12)4/h5-7,9H,8H2,1-4H3. The lowest BCUT2D eigenvalue weighted by atomic mass is 10.1.